The average molecular weight is 146 g/mol. The third kappa shape index (κ3) is 10.8. The normalized spacial score (nSPS) is 16.2. The number of piperidine rings is 1. The lowest BCUT2D eigenvalue weighted by Crippen LogP contribution is -2.21. The van der Waals surface area contributed by atoms with Gasteiger partial charge in [0.1, 0.15) is 0 Å². The van der Waals surface area contributed by atoms with Gasteiger partial charge in [-0.1, -0.05) is 26.7 Å². The van der Waals surface area contributed by atoms with Gasteiger partial charge in [0.05, 0.1) is 0 Å². The lowest BCUT2D eigenvalue weighted by molar-refractivity contribution is 0.520. The van der Waals surface area contributed by atoms with E-state index in [-0.39, 0.29) is 6.15 Å². The zero-order valence-corrected chi connectivity index (χ0v) is 7.45. The summed E-state index contributed by atoms with van der Waals surface area (Å²) in [6.45, 7) is 6.75. The molecule has 0 unspecified atom stereocenters. The quantitative estimate of drug-likeness (QED) is 0.551. The van der Waals surface area contributed by atoms with Crippen LogP contribution < -0.4 is 11.5 Å². The van der Waals surface area contributed by atoms with Crippen LogP contribution in [0.15, 0.2) is 0 Å². The zero-order chi connectivity index (χ0) is 6.95. The molecule has 2 nitrogen and oxygen atoms in total. The molecule has 0 aromatic heterocycles. The summed E-state index contributed by atoms with van der Waals surface area (Å²) in [6.07, 6.45) is 5.47. The molecule has 1 aliphatic heterocycles. The summed E-state index contributed by atoms with van der Waals surface area (Å²) in [5.74, 6) is 0. The molecule has 1 saturated heterocycles. The van der Waals surface area contributed by atoms with Crippen LogP contribution in [-0.4, -0.2) is 13.1 Å². The van der Waals surface area contributed by atoms with E-state index in [4.69, 9.17) is 0 Å². The molecule has 1 heterocycles. The van der Waals surface area contributed by atoms with E-state index >= 15 is 0 Å². The standard InChI is InChI=1S/C5H11N.C3H8.H3N/c1-2-4-6-5-3-1;1-3-2;/h6H,1-5H2;3H2,1-2H3;1H3. The van der Waals surface area contributed by atoms with Gasteiger partial charge in [0.25, 0.3) is 0 Å². The van der Waals surface area contributed by atoms with Crippen LogP contribution in [0, 0.1) is 0 Å². The molecule has 10 heavy (non-hydrogen) atoms. The molecule has 0 aliphatic carbocycles. The molecule has 1 aliphatic rings. The van der Waals surface area contributed by atoms with Gasteiger partial charge in [-0.2, -0.15) is 0 Å². The van der Waals surface area contributed by atoms with Gasteiger partial charge in [0, 0.05) is 0 Å². The fraction of sp³-hybridized carbons (Fsp3) is 1.00. The maximum absolute atomic E-state index is 3.28. The van der Waals surface area contributed by atoms with Crippen molar-refractivity contribution in [2.45, 2.75) is 39.5 Å². The van der Waals surface area contributed by atoms with Crippen LogP contribution >= 0.6 is 0 Å². The van der Waals surface area contributed by atoms with E-state index in [1.54, 1.807) is 0 Å². The highest BCUT2D eigenvalue weighted by Gasteiger charge is 1.93. The Balaban J connectivity index is 0. The SMILES string of the molecule is C1CCNCC1.CCC.N. The van der Waals surface area contributed by atoms with Gasteiger partial charge in [-0.25, -0.2) is 0 Å². The summed E-state index contributed by atoms with van der Waals surface area (Å²) in [6, 6.07) is 0. The summed E-state index contributed by atoms with van der Waals surface area (Å²) in [7, 11) is 0. The minimum Gasteiger partial charge on any atom is -0.344 e. The van der Waals surface area contributed by atoms with Crippen LogP contribution in [0.3, 0.4) is 0 Å². The van der Waals surface area contributed by atoms with E-state index in [1.165, 1.54) is 38.8 Å². The van der Waals surface area contributed by atoms with Crippen LogP contribution in [0.25, 0.3) is 0 Å². The van der Waals surface area contributed by atoms with Gasteiger partial charge in [-0.05, 0) is 25.9 Å². The van der Waals surface area contributed by atoms with Crippen molar-refractivity contribution in [2.24, 2.45) is 0 Å². The molecule has 0 bridgehead atoms. The number of rotatable bonds is 0. The van der Waals surface area contributed by atoms with Crippen molar-refractivity contribution >= 4 is 0 Å². The molecular formula is C8H22N2. The molecule has 0 saturated carbocycles. The minimum absolute atomic E-state index is 0. The highest BCUT2D eigenvalue weighted by molar-refractivity contribution is 4.55. The Morgan fingerprint density at radius 1 is 1.00 bits per heavy atom. The third-order valence-electron chi connectivity index (χ3n) is 1.21. The molecule has 0 spiro atoms. The monoisotopic (exact) mass is 146 g/mol. The molecule has 0 radical (unpaired) electrons. The van der Waals surface area contributed by atoms with Gasteiger partial charge in [-0.15, -0.1) is 0 Å². The van der Waals surface area contributed by atoms with Crippen LogP contribution in [0.5, 0.6) is 0 Å². The van der Waals surface area contributed by atoms with Gasteiger partial charge in [0.2, 0.25) is 0 Å². The Hall–Kier alpha value is -0.0800. The second-order valence-electron chi connectivity index (χ2n) is 2.52. The lowest BCUT2D eigenvalue weighted by atomic mass is 10.2. The fourth-order valence-corrected chi connectivity index (χ4v) is 0.802. The highest BCUT2D eigenvalue weighted by atomic mass is 14.9. The minimum atomic E-state index is 0. The Bertz CT molecular complexity index is 31.0. The van der Waals surface area contributed by atoms with Gasteiger partial charge < -0.3 is 11.5 Å². The molecule has 2 heteroatoms. The Kier molecular flexibility index (Phi) is 14.7. The van der Waals surface area contributed by atoms with Crippen molar-refractivity contribution in [3.05, 3.63) is 0 Å². The molecule has 4 N–H and O–H groups in total. The van der Waals surface area contributed by atoms with Crippen LogP contribution in [-0.2, 0) is 0 Å². The second kappa shape index (κ2) is 11.7. The first kappa shape index (κ1) is 12.6. The zero-order valence-electron chi connectivity index (χ0n) is 7.45. The first-order valence-corrected chi connectivity index (χ1v) is 4.12. The molecule has 0 aromatic rings. The summed E-state index contributed by atoms with van der Waals surface area (Å²) in [4.78, 5) is 0. The second-order valence-corrected chi connectivity index (χ2v) is 2.52. The van der Waals surface area contributed by atoms with Crippen LogP contribution in [0.4, 0.5) is 0 Å². The predicted octanol–water partition coefficient (Wildman–Crippen LogP) is 2.34. The molecule has 0 aromatic carbocycles. The van der Waals surface area contributed by atoms with Crippen LogP contribution in [0.2, 0.25) is 0 Å². The van der Waals surface area contributed by atoms with E-state index in [2.05, 4.69) is 19.2 Å². The van der Waals surface area contributed by atoms with Crippen molar-refractivity contribution in [1.82, 2.24) is 11.5 Å². The van der Waals surface area contributed by atoms with Crippen molar-refractivity contribution in [1.29, 1.82) is 0 Å². The van der Waals surface area contributed by atoms with E-state index in [0.29, 0.717) is 0 Å². The van der Waals surface area contributed by atoms with Crippen molar-refractivity contribution in [2.75, 3.05) is 13.1 Å². The van der Waals surface area contributed by atoms with Crippen molar-refractivity contribution < 1.29 is 0 Å². The first-order chi connectivity index (χ1) is 4.41. The molecule has 64 valence electrons. The Labute approximate surface area is 65.0 Å². The molecule has 1 fully saturated rings. The van der Waals surface area contributed by atoms with Crippen molar-refractivity contribution in [3.8, 4) is 0 Å². The average Bonchev–Trinajstić information content (AvgIpc) is 1.93. The summed E-state index contributed by atoms with van der Waals surface area (Å²) >= 11 is 0. The first-order valence-electron chi connectivity index (χ1n) is 4.12. The molecular weight excluding hydrogens is 124 g/mol. The Morgan fingerprint density at radius 3 is 1.50 bits per heavy atom. The fourth-order valence-electron chi connectivity index (χ4n) is 0.802. The van der Waals surface area contributed by atoms with E-state index in [0.717, 1.165) is 0 Å². The van der Waals surface area contributed by atoms with Crippen molar-refractivity contribution in [3.63, 3.8) is 0 Å². The predicted molar refractivity (Wildman–Crippen MR) is 47.7 cm³/mol. The molecule has 0 atom stereocenters. The molecule has 0 amide bonds. The lowest BCUT2D eigenvalue weighted by Gasteiger charge is -2.08. The van der Waals surface area contributed by atoms with E-state index in [9.17, 15) is 0 Å². The summed E-state index contributed by atoms with van der Waals surface area (Å²) in [5.41, 5.74) is 0. The van der Waals surface area contributed by atoms with E-state index < -0.39 is 0 Å². The number of nitrogens with one attached hydrogen (secondary N) is 1. The van der Waals surface area contributed by atoms with Gasteiger partial charge >= 0.3 is 0 Å². The third-order valence-corrected chi connectivity index (χ3v) is 1.21. The van der Waals surface area contributed by atoms with E-state index in [1.807, 2.05) is 0 Å². The topological polar surface area (TPSA) is 47.0 Å². The largest absolute Gasteiger partial charge is 0.344 e. The maximum Gasteiger partial charge on any atom is -0.00489 e. The number of hydrogen-bond acceptors (Lipinski definition) is 2. The summed E-state index contributed by atoms with van der Waals surface area (Å²) < 4.78 is 0. The summed E-state index contributed by atoms with van der Waals surface area (Å²) in [5, 5.41) is 3.28. The molecule has 1 rings (SSSR count). The maximum atomic E-state index is 3.28. The smallest absolute Gasteiger partial charge is 0.00489 e. The van der Waals surface area contributed by atoms with Gasteiger partial charge in [0.15, 0.2) is 0 Å². The Morgan fingerprint density at radius 2 is 1.40 bits per heavy atom. The van der Waals surface area contributed by atoms with Gasteiger partial charge in [-0.3, -0.25) is 0 Å². The highest BCUT2D eigenvalue weighted by Crippen LogP contribution is 1.96. The number of hydrogen-bond donors (Lipinski definition) is 2. The van der Waals surface area contributed by atoms with Crippen LogP contribution in [0.1, 0.15) is 39.5 Å².